The van der Waals surface area contributed by atoms with Gasteiger partial charge in [-0.15, -0.1) is 35.1 Å². The van der Waals surface area contributed by atoms with Gasteiger partial charge in [0.05, 0.1) is 5.01 Å². The van der Waals surface area contributed by atoms with E-state index in [-0.39, 0.29) is 12.4 Å². The molecule has 7 heteroatoms. The van der Waals surface area contributed by atoms with Gasteiger partial charge in [-0.2, -0.15) is 0 Å². The van der Waals surface area contributed by atoms with Crippen LogP contribution in [0.3, 0.4) is 0 Å². The summed E-state index contributed by atoms with van der Waals surface area (Å²) in [5, 5.41) is 4.11. The molecule has 1 fully saturated rings. The van der Waals surface area contributed by atoms with Crippen LogP contribution in [0.15, 0.2) is 11.6 Å². The molecular weight excluding hydrogens is 312 g/mol. The van der Waals surface area contributed by atoms with E-state index in [0.29, 0.717) is 11.0 Å². The first-order chi connectivity index (χ1) is 9.20. The molecule has 0 amide bonds. The van der Waals surface area contributed by atoms with Crippen LogP contribution in [-0.4, -0.2) is 28.0 Å². The molecule has 0 saturated carbocycles. The molecule has 1 atom stereocenters. The predicted molar refractivity (Wildman–Crippen MR) is 87.9 cm³/mol. The molecule has 0 radical (unpaired) electrons. The second-order valence-corrected chi connectivity index (χ2v) is 7.10. The zero-order valence-corrected chi connectivity index (χ0v) is 13.9. The summed E-state index contributed by atoms with van der Waals surface area (Å²) in [6, 6.07) is 0. The second kappa shape index (κ2) is 6.85. The lowest BCUT2D eigenvalue weighted by Gasteiger charge is -2.31. The largest absolute Gasteiger partial charge is 0.375 e. The lowest BCUT2D eigenvalue weighted by molar-refractivity contribution is 0.201. The summed E-state index contributed by atoms with van der Waals surface area (Å²) < 4.78 is 0. The Bertz CT molecular complexity index is 554. The Kier molecular flexibility index (Phi) is 5.37. The van der Waals surface area contributed by atoms with E-state index >= 15 is 0 Å². The zero-order valence-electron chi connectivity index (χ0n) is 11.4. The number of aromatic nitrogens is 2. The van der Waals surface area contributed by atoms with Crippen molar-refractivity contribution < 1.29 is 0 Å². The quantitative estimate of drug-likeness (QED) is 0.938. The first kappa shape index (κ1) is 15.7. The number of likely N-dealkylation sites (tertiary alicyclic amines) is 1. The maximum Gasteiger partial charge on any atom is 0.180 e. The second-order valence-electron chi connectivity index (χ2n) is 5.07. The summed E-state index contributed by atoms with van der Waals surface area (Å²) in [6.45, 7) is 5.31. The van der Waals surface area contributed by atoms with Gasteiger partial charge in [-0.25, -0.2) is 9.97 Å². The summed E-state index contributed by atoms with van der Waals surface area (Å²) in [5.74, 6) is 0.595. The average Bonchev–Trinajstić information content (AvgIpc) is 2.99. The molecule has 1 unspecified atom stereocenters. The molecule has 3 rings (SSSR count). The van der Waals surface area contributed by atoms with Gasteiger partial charge in [0.25, 0.3) is 0 Å². The number of hydrogen-bond acceptors (Lipinski definition) is 6. The van der Waals surface area contributed by atoms with E-state index in [9.17, 15) is 0 Å². The van der Waals surface area contributed by atoms with Crippen LogP contribution in [0, 0.1) is 6.92 Å². The van der Waals surface area contributed by atoms with Crippen molar-refractivity contribution in [2.24, 2.45) is 0 Å². The van der Waals surface area contributed by atoms with E-state index in [1.807, 2.05) is 6.20 Å². The third kappa shape index (κ3) is 3.69. The normalized spacial score (nSPS) is 19.8. The van der Waals surface area contributed by atoms with E-state index in [2.05, 4.69) is 27.2 Å². The molecule has 1 saturated heterocycles. The van der Waals surface area contributed by atoms with Crippen LogP contribution in [0.2, 0.25) is 0 Å². The summed E-state index contributed by atoms with van der Waals surface area (Å²) in [4.78, 5) is 12.5. The standard InChI is InChI=1S/C13H18N4S2.ClH/c1-9-8-18-12(16-9)10-3-2-4-17(6-10)7-11-5-15-13(14)19-11;/h5,8,10H,2-4,6-7H2,1H3,(H2,14,15);1H. The van der Waals surface area contributed by atoms with Gasteiger partial charge in [0.15, 0.2) is 5.13 Å². The Hall–Kier alpha value is -0.690. The molecule has 0 aromatic carbocycles. The number of nitrogens with two attached hydrogens (primary N) is 1. The van der Waals surface area contributed by atoms with Crippen LogP contribution in [0.5, 0.6) is 0 Å². The third-order valence-corrected chi connectivity index (χ3v) is 5.38. The molecule has 20 heavy (non-hydrogen) atoms. The lowest BCUT2D eigenvalue weighted by Crippen LogP contribution is -2.33. The van der Waals surface area contributed by atoms with E-state index in [1.54, 1.807) is 22.7 Å². The summed E-state index contributed by atoms with van der Waals surface area (Å²) >= 11 is 3.40. The van der Waals surface area contributed by atoms with Gasteiger partial charge in [-0.05, 0) is 26.3 Å². The van der Waals surface area contributed by atoms with Crippen molar-refractivity contribution in [3.8, 4) is 0 Å². The van der Waals surface area contributed by atoms with Crippen LogP contribution < -0.4 is 5.73 Å². The number of rotatable bonds is 3. The van der Waals surface area contributed by atoms with Crippen molar-refractivity contribution in [3.63, 3.8) is 0 Å². The molecule has 1 aliphatic heterocycles. The van der Waals surface area contributed by atoms with Gasteiger partial charge in [-0.1, -0.05) is 0 Å². The first-order valence-electron chi connectivity index (χ1n) is 6.55. The maximum absolute atomic E-state index is 5.69. The fourth-order valence-corrected chi connectivity index (χ4v) is 4.23. The Morgan fingerprint density at radius 3 is 3.00 bits per heavy atom. The number of thiazole rings is 2. The third-order valence-electron chi connectivity index (χ3n) is 3.44. The minimum atomic E-state index is 0. The monoisotopic (exact) mass is 330 g/mol. The Balaban J connectivity index is 0.00000147. The van der Waals surface area contributed by atoms with Gasteiger partial charge in [0.1, 0.15) is 0 Å². The van der Waals surface area contributed by atoms with Crippen molar-refractivity contribution in [2.75, 3.05) is 18.8 Å². The SMILES string of the molecule is Cc1csc(C2CCCN(Cc3cnc(N)s3)C2)n1.Cl. The lowest BCUT2D eigenvalue weighted by atomic mass is 9.99. The van der Waals surface area contributed by atoms with Gasteiger partial charge < -0.3 is 5.73 Å². The Labute approximate surface area is 133 Å². The van der Waals surface area contributed by atoms with E-state index in [4.69, 9.17) is 5.73 Å². The number of aryl methyl sites for hydroxylation is 1. The fourth-order valence-electron chi connectivity index (χ4n) is 2.58. The molecule has 0 aliphatic carbocycles. The summed E-state index contributed by atoms with van der Waals surface area (Å²) in [5.41, 5.74) is 6.83. The highest BCUT2D eigenvalue weighted by Gasteiger charge is 2.23. The van der Waals surface area contributed by atoms with Gasteiger partial charge in [-0.3, -0.25) is 4.90 Å². The molecule has 2 aromatic rings. The van der Waals surface area contributed by atoms with Crippen LogP contribution in [0.1, 0.15) is 34.3 Å². The highest BCUT2D eigenvalue weighted by molar-refractivity contribution is 7.15. The molecule has 0 spiro atoms. The first-order valence-corrected chi connectivity index (χ1v) is 8.25. The smallest absolute Gasteiger partial charge is 0.180 e. The average molecular weight is 331 g/mol. The fraction of sp³-hybridized carbons (Fsp3) is 0.538. The number of piperidine rings is 1. The number of hydrogen-bond donors (Lipinski definition) is 1. The topological polar surface area (TPSA) is 55.0 Å². The molecule has 1 aliphatic rings. The minimum absolute atomic E-state index is 0. The van der Waals surface area contributed by atoms with Crippen molar-refractivity contribution in [3.05, 3.63) is 27.2 Å². The van der Waals surface area contributed by atoms with Crippen molar-refractivity contribution in [1.29, 1.82) is 0 Å². The van der Waals surface area contributed by atoms with Crippen LogP contribution in [0.4, 0.5) is 5.13 Å². The van der Waals surface area contributed by atoms with Crippen molar-refractivity contribution in [1.82, 2.24) is 14.9 Å². The highest BCUT2D eigenvalue weighted by atomic mass is 35.5. The summed E-state index contributed by atoms with van der Waals surface area (Å²) in [7, 11) is 0. The zero-order chi connectivity index (χ0) is 13.2. The molecule has 2 N–H and O–H groups in total. The number of halogens is 1. The molecule has 110 valence electrons. The van der Waals surface area contributed by atoms with E-state index in [0.717, 1.165) is 18.8 Å². The molecule has 0 bridgehead atoms. The van der Waals surface area contributed by atoms with Crippen LogP contribution in [0.25, 0.3) is 0 Å². The number of nitrogen functional groups attached to an aromatic ring is 1. The van der Waals surface area contributed by atoms with Crippen LogP contribution >= 0.6 is 35.1 Å². The molecule has 4 nitrogen and oxygen atoms in total. The molecular formula is C13H19ClN4S2. The van der Waals surface area contributed by atoms with E-state index < -0.39 is 0 Å². The van der Waals surface area contributed by atoms with E-state index in [1.165, 1.54) is 29.3 Å². The Morgan fingerprint density at radius 1 is 1.50 bits per heavy atom. The summed E-state index contributed by atoms with van der Waals surface area (Å²) in [6.07, 6.45) is 4.41. The van der Waals surface area contributed by atoms with Crippen LogP contribution in [-0.2, 0) is 6.54 Å². The number of anilines is 1. The van der Waals surface area contributed by atoms with Gasteiger partial charge >= 0.3 is 0 Å². The molecule has 3 heterocycles. The highest BCUT2D eigenvalue weighted by Crippen LogP contribution is 2.30. The molecule has 2 aromatic heterocycles. The van der Waals surface area contributed by atoms with Gasteiger partial charge in [0, 0.05) is 41.2 Å². The minimum Gasteiger partial charge on any atom is -0.375 e. The maximum atomic E-state index is 5.69. The van der Waals surface area contributed by atoms with Crippen molar-refractivity contribution >= 4 is 40.2 Å². The van der Waals surface area contributed by atoms with Crippen molar-refractivity contribution in [2.45, 2.75) is 32.2 Å². The Morgan fingerprint density at radius 2 is 2.35 bits per heavy atom. The number of nitrogens with zero attached hydrogens (tertiary/aromatic N) is 3. The van der Waals surface area contributed by atoms with Gasteiger partial charge in [0.2, 0.25) is 0 Å². The predicted octanol–water partition coefficient (Wildman–Crippen LogP) is 3.29.